The van der Waals surface area contributed by atoms with Gasteiger partial charge in [-0.3, -0.25) is 5.84 Å². The van der Waals surface area contributed by atoms with E-state index in [-0.39, 0.29) is 18.2 Å². The standard InChI is InChI=1S/C12H20N4O3/c1-7-4-5-8(19-7)10(16-13)11-12(18-3)15-9(17-2)6-14-11/h6-8,10,16H,4-5,13H2,1-3H3. The van der Waals surface area contributed by atoms with Crippen molar-refractivity contribution in [2.45, 2.75) is 38.0 Å². The van der Waals surface area contributed by atoms with Crippen LogP contribution >= 0.6 is 0 Å². The lowest BCUT2D eigenvalue weighted by molar-refractivity contribution is 0.0299. The van der Waals surface area contributed by atoms with Gasteiger partial charge in [-0.05, 0) is 19.8 Å². The van der Waals surface area contributed by atoms with Gasteiger partial charge in [-0.1, -0.05) is 0 Å². The fourth-order valence-corrected chi connectivity index (χ4v) is 2.27. The molecule has 7 nitrogen and oxygen atoms in total. The molecule has 0 bridgehead atoms. The second-order valence-corrected chi connectivity index (χ2v) is 4.51. The van der Waals surface area contributed by atoms with Crippen molar-refractivity contribution in [3.8, 4) is 11.8 Å². The van der Waals surface area contributed by atoms with Crippen LogP contribution in [0.15, 0.2) is 6.20 Å². The number of aromatic nitrogens is 2. The Bertz CT molecular complexity index is 429. The Morgan fingerprint density at radius 2 is 2.21 bits per heavy atom. The normalized spacial score (nSPS) is 24.2. The predicted molar refractivity (Wildman–Crippen MR) is 68.8 cm³/mol. The largest absolute Gasteiger partial charge is 0.480 e. The van der Waals surface area contributed by atoms with Crippen LogP contribution in [0.25, 0.3) is 0 Å². The van der Waals surface area contributed by atoms with E-state index < -0.39 is 0 Å². The summed E-state index contributed by atoms with van der Waals surface area (Å²) >= 11 is 0. The summed E-state index contributed by atoms with van der Waals surface area (Å²) in [7, 11) is 3.07. The number of hydrogen-bond donors (Lipinski definition) is 2. The summed E-state index contributed by atoms with van der Waals surface area (Å²) in [5.74, 6) is 6.43. The van der Waals surface area contributed by atoms with E-state index in [2.05, 4.69) is 15.4 Å². The summed E-state index contributed by atoms with van der Waals surface area (Å²) in [5, 5.41) is 0. The minimum Gasteiger partial charge on any atom is -0.480 e. The highest BCUT2D eigenvalue weighted by Crippen LogP contribution is 2.32. The first kappa shape index (κ1) is 14.0. The highest BCUT2D eigenvalue weighted by molar-refractivity contribution is 5.26. The molecule has 0 aliphatic carbocycles. The van der Waals surface area contributed by atoms with E-state index in [4.69, 9.17) is 20.1 Å². The molecule has 0 aromatic carbocycles. The highest BCUT2D eigenvalue weighted by Gasteiger charge is 2.33. The quantitative estimate of drug-likeness (QED) is 0.595. The molecule has 1 aliphatic rings. The molecule has 3 N–H and O–H groups in total. The summed E-state index contributed by atoms with van der Waals surface area (Å²) < 4.78 is 16.1. The van der Waals surface area contributed by atoms with Crippen LogP contribution in [0.2, 0.25) is 0 Å². The molecule has 106 valence electrons. The molecular formula is C12H20N4O3. The molecule has 19 heavy (non-hydrogen) atoms. The molecule has 2 rings (SSSR count). The van der Waals surface area contributed by atoms with E-state index in [1.165, 1.54) is 7.11 Å². The van der Waals surface area contributed by atoms with Crippen LogP contribution in [0.1, 0.15) is 31.5 Å². The Morgan fingerprint density at radius 3 is 2.74 bits per heavy atom. The van der Waals surface area contributed by atoms with Crippen LogP contribution in [-0.2, 0) is 4.74 Å². The Labute approximate surface area is 112 Å². The first-order valence-electron chi connectivity index (χ1n) is 6.26. The van der Waals surface area contributed by atoms with Crippen molar-refractivity contribution in [2.75, 3.05) is 14.2 Å². The highest BCUT2D eigenvalue weighted by atomic mass is 16.5. The van der Waals surface area contributed by atoms with Gasteiger partial charge in [0, 0.05) is 0 Å². The van der Waals surface area contributed by atoms with Gasteiger partial charge < -0.3 is 14.2 Å². The van der Waals surface area contributed by atoms with E-state index in [1.54, 1.807) is 13.3 Å². The molecule has 3 atom stereocenters. The van der Waals surface area contributed by atoms with E-state index in [0.717, 1.165) is 12.8 Å². The monoisotopic (exact) mass is 268 g/mol. The molecule has 1 aromatic heterocycles. The topological polar surface area (TPSA) is 91.5 Å². The molecule has 3 unspecified atom stereocenters. The van der Waals surface area contributed by atoms with Crippen LogP contribution < -0.4 is 20.7 Å². The number of hydrogen-bond acceptors (Lipinski definition) is 7. The Morgan fingerprint density at radius 1 is 1.42 bits per heavy atom. The fraction of sp³-hybridized carbons (Fsp3) is 0.667. The number of methoxy groups -OCH3 is 2. The molecule has 0 radical (unpaired) electrons. The molecule has 1 aliphatic heterocycles. The maximum atomic E-state index is 5.83. The zero-order valence-electron chi connectivity index (χ0n) is 11.4. The van der Waals surface area contributed by atoms with E-state index in [0.29, 0.717) is 17.5 Å². The van der Waals surface area contributed by atoms with Crippen molar-refractivity contribution in [3.05, 3.63) is 11.9 Å². The minimum absolute atomic E-state index is 0.0309. The van der Waals surface area contributed by atoms with Crippen molar-refractivity contribution >= 4 is 0 Å². The molecule has 7 heteroatoms. The third kappa shape index (κ3) is 2.94. The molecule has 1 aromatic rings. The Balaban J connectivity index is 2.27. The SMILES string of the molecule is COc1cnc(C(NN)C2CCC(C)O2)c(OC)n1. The average molecular weight is 268 g/mol. The van der Waals surface area contributed by atoms with Gasteiger partial charge in [-0.25, -0.2) is 10.4 Å². The lowest BCUT2D eigenvalue weighted by Gasteiger charge is -2.23. The van der Waals surface area contributed by atoms with Gasteiger partial charge in [0.1, 0.15) is 5.69 Å². The number of hydrazine groups is 1. The van der Waals surface area contributed by atoms with Gasteiger partial charge in [-0.2, -0.15) is 4.98 Å². The third-order valence-corrected chi connectivity index (χ3v) is 3.26. The van der Waals surface area contributed by atoms with Crippen molar-refractivity contribution in [1.82, 2.24) is 15.4 Å². The summed E-state index contributed by atoms with van der Waals surface area (Å²) in [5.41, 5.74) is 3.37. The molecule has 0 amide bonds. The molecule has 2 heterocycles. The first-order valence-corrected chi connectivity index (χ1v) is 6.26. The number of nitrogens with one attached hydrogen (secondary N) is 1. The van der Waals surface area contributed by atoms with Gasteiger partial charge in [0.2, 0.25) is 11.8 Å². The summed E-state index contributed by atoms with van der Waals surface area (Å²) in [4.78, 5) is 8.54. The second kappa shape index (κ2) is 6.14. The minimum atomic E-state index is -0.252. The lowest BCUT2D eigenvalue weighted by atomic mass is 10.0. The van der Waals surface area contributed by atoms with Crippen LogP contribution in [0.5, 0.6) is 11.8 Å². The van der Waals surface area contributed by atoms with Gasteiger partial charge >= 0.3 is 0 Å². The average Bonchev–Trinajstić information content (AvgIpc) is 2.86. The number of rotatable bonds is 5. The molecule has 1 fully saturated rings. The maximum Gasteiger partial charge on any atom is 0.240 e. The molecule has 0 spiro atoms. The number of nitrogens with two attached hydrogens (primary N) is 1. The van der Waals surface area contributed by atoms with Crippen molar-refractivity contribution in [2.24, 2.45) is 5.84 Å². The van der Waals surface area contributed by atoms with Crippen molar-refractivity contribution in [3.63, 3.8) is 0 Å². The van der Waals surface area contributed by atoms with Crippen LogP contribution in [0.3, 0.4) is 0 Å². The number of nitrogens with zero attached hydrogens (tertiary/aromatic N) is 2. The van der Waals surface area contributed by atoms with Gasteiger partial charge in [0.15, 0.2) is 0 Å². The Hall–Kier alpha value is -1.44. The smallest absolute Gasteiger partial charge is 0.240 e. The van der Waals surface area contributed by atoms with E-state index >= 15 is 0 Å². The molecular weight excluding hydrogens is 248 g/mol. The molecule has 0 saturated carbocycles. The van der Waals surface area contributed by atoms with Crippen molar-refractivity contribution < 1.29 is 14.2 Å². The zero-order valence-corrected chi connectivity index (χ0v) is 11.4. The van der Waals surface area contributed by atoms with Gasteiger partial charge in [-0.15, -0.1) is 0 Å². The Kier molecular flexibility index (Phi) is 4.52. The van der Waals surface area contributed by atoms with E-state index in [1.807, 2.05) is 6.92 Å². The van der Waals surface area contributed by atoms with Crippen LogP contribution in [0, 0.1) is 0 Å². The predicted octanol–water partition coefficient (Wildman–Crippen LogP) is 0.566. The zero-order chi connectivity index (χ0) is 13.8. The molecule has 1 saturated heterocycles. The summed E-state index contributed by atoms with van der Waals surface area (Å²) in [6.07, 6.45) is 3.68. The van der Waals surface area contributed by atoms with Crippen LogP contribution in [-0.4, -0.2) is 36.4 Å². The lowest BCUT2D eigenvalue weighted by Crippen LogP contribution is -2.37. The van der Waals surface area contributed by atoms with E-state index in [9.17, 15) is 0 Å². The summed E-state index contributed by atoms with van der Waals surface area (Å²) in [6, 6.07) is -0.252. The van der Waals surface area contributed by atoms with Crippen LogP contribution in [0.4, 0.5) is 0 Å². The van der Waals surface area contributed by atoms with Gasteiger partial charge in [0.25, 0.3) is 0 Å². The number of ether oxygens (including phenoxy) is 3. The second-order valence-electron chi connectivity index (χ2n) is 4.51. The summed E-state index contributed by atoms with van der Waals surface area (Å²) in [6.45, 7) is 2.05. The first-order chi connectivity index (χ1) is 9.19. The third-order valence-electron chi connectivity index (χ3n) is 3.26. The fourth-order valence-electron chi connectivity index (χ4n) is 2.27. The van der Waals surface area contributed by atoms with Gasteiger partial charge in [0.05, 0.1) is 38.7 Å². The maximum absolute atomic E-state index is 5.83. The van der Waals surface area contributed by atoms with Crippen molar-refractivity contribution in [1.29, 1.82) is 0 Å².